The normalized spacial score (nSPS) is 10.4. The number of anilines is 3. The van der Waals surface area contributed by atoms with Crippen molar-refractivity contribution in [1.82, 2.24) is 15.1 Å². The number of aryl methyl sites for hydroxylation is 1. The Morgan fingerprint density at radius 2 is 1.96 bits per heavy atom. The van der Waals surface area contributed by atoms with E-state index in [0.717, 1.165) is 0 Å². The van der Waals surface area contributed by atoms with Crippen LogP contribution in [0.15, 0.2) is 35.0 Å². The fourth-order valence-electron chi connectivity index (χ4n) is 2.23. The highest BCUT2D eigenvalue weighted by atomic mass is 35.5. The summed E-state index contributed by atoms with van der Waals surface area (Å²) in [5.41, 5.74) is 0.535. The number of hydrogen-bond acceptors (Lipinski definition) is 8. The summed E-state index contributed by atoms with van der Waals surface area (Å²) in [5, 5.41) is 9.74. The minimum absolute atomic E-state index is 0.142. The van der Waals surface area contributed by atoms with E-state index in [1.807, 2.05) is 0 Å². The van der Waals surface area contributed by atoms with Crippen LogP contribution in [0, 0.1) is 6.92 Å². The van der Waals surface area contributed by atoms with Gasteiger partial charge in [0.05, 0.1) is 24.9 Å². The number of rotatable bonds is 6. The van der Waals surface area contributed by atoms with E-state index in [1.165, 1.54) is 26.5 Å². The molecule has 0 radical (unpaired) electrons. The molecular formula is C17H16ClN5O4. The summed E-state index contributed by atoms with van der Waals surface area (Å²) in [6, 6.07) is 6.28. The Morgan fingerprint density at radius 3 is 2.63 bits per heavy atom. The van der Waals surface area contributed by atoms with Crippen LogP contribution in [-0.2, 0) is 0 Å². The van der Waals surface area contributed by atoms with Crippen LogP contribution in [-0.4, -0.2) is 35.3 Å². The van der Waals surface area contributed by atoms with Crippen LogP contribution in [0.4, 0.5) is 17.5 Å². The first kappa shape index (κ1) is 18.5. The van der Waals surface area contributed by atoms with Gasteiger partial charge in [-0.05, 0) is 13.0 Å². The van der Waals surface area contributed by atoms with E-state index in [0.29, 0.717) is 33.8 Å². The van der Waals surface area contributed by atoms with Gasteiger partial charge in [-0.3, -0.25) is 4.79 Å². The third-order valence-electron chi connectivity index (χ3n) is 3.48. The molecule has 2 aromatic heterocycles. The van der Waals surface area contributed by atoms with E-state index in [2.05, 4.69) is 25.8 Å². The molecule has 0 aliphatic carbocycles. The number of benzene rings is 1. The molecule has 27 heavy (non-hydrogen) atoms. The molecule has 0 aliphatic heterocycles. The quantitative estimate of drug-likeness (QED) is 0.659. The lowest BCUT2D eigenvalue weighted by Crippen LogP contribution is -2.15. The Balaban J connectivity index is 1.81. The van der Waals surface area contributed by atoms with Gasteiger partial charge in [0.1, 0.15) is 23.0 Å². The molecule has 140 valence electrons. The van der Waals surface area contributed by atoms with Crippen LogP contribution in [0.2, 0.25) is 5.02 Å². The van der Waals surface area contributed by atoms with Gasteiger partial charge in [-0.2, -0.15) is 0 Å². The number of methoxy groups -OCH3 is 2. The standard InChI is InChI=1S/C17H16ClN5O4/c1-9-6-15(23-27-9)22-17-19-5-4-11(21-17)16(24)20-12-8-13(25-2)10(18)7-14(12)26-3/h4-8H,1-3H3,(H,20,24)(H,19,21,22,23). The number of hydrogen-bond donors (Lipinski definition) is 2. The van der Waals surface area contributed by atoms with Gasteiger partial charge in [0.25, 0.3) is 5.91 Å². The highest BCUT2D eigenvalue weighted by Crippen LogP contribution is 2.36. The molecule has 0 unspecified atom stereocenters. The molecule has 2 N–H and O–H groups in total. The van der Waals surface area contributed by atoms with Crippen LogP contribution in [0.25, 0.3) is 0 Å². The van der Waals surface area contributed by atoms with Gasteiger partial charge in [-0.25, -0.2) is 9.97 Å². The lowest BCUT2D eigenvalue weighted by atomic mass is 10.2. The molecule has 0 fully saturated rings. The van der Waals surface area contributed by atoms with Crippen molar-refractivity contribution in [2.45, 2.75) is 6.92 Å². The average Bonchev–Trinajstić information content (AvgIpc) is 3.07. The predicted octanol–water partition coefficient (Wildman–Crippen LogP) is 3.44. The second-order valence-corrected chi connectivity index (χ2v) is 5.76. The predicted molar refractivity (Wildman–Crippen MR) is 99.1 cm³/mol. The Morgan fingerprint density at radius 1 is 1.19 bits per heavy atom. The highest BCUT2D eigenvalue weighted by Gasteiger charge is 2.15. The molecule has 3 rings (SSSR count). The molecule has 1 amide bonds. The molecule has 9 nitrogen and oxygen atoms in total. The largest absolute Gasteiger partial charge is 0.495 e. The van der Waals surface area contributed by atoms with Gasteiger partial charge >= 0.3 is 0 Å². The van der Waals surface area contributed by atoms with E-state index in [1.54, 1.807) is 25.1 Å². The van der Waals surface area contributed by atoms with Crippen molar-refractivity contribution in [2.24, 2.45) is 0 Å². The smallest absolute Gasteiger partial charge is 0.274 e. The molecule has 10 heteroatoms. The van der Waals surface area contributed by atoms with E-state index in [4.69, 9.17) is 25.6 Å². The first-order valence-corrected chi connectivity index (χ1v) is 8.14. The van der Waals surface area contributed by atoms with Gasteiger partial charge in [-0.1, -0.05) is 16.8 Å². The summed E-state index contributed by atoms with van der Waals surface area (Å²) in [6.45, 7) is 1.76. The maximum atomic E-state index is 12.6. The number of carbonyl (C=O) groups excluding carboxylic acids is 1. The Bertz CT molecular complexity index is 976. The van der Waals surface area contributed by atoms with Gasteiger partial charge in [-0.15, -0.1) is 0 Å². The van der Waals surface area contributed by atoms with Crippen LogP contribution in [0.5, 0.6) is 11.5 Å². The van der Waals surface area contributed by atoms with Crippen LogP contribution in [0.1, 0.15) is 16.2 Å². The number of aromatic nitrogens is 3. The van der Waals surface area contributed by atoms with E-state index < -0.39 is 5.91 Å². The van der Waals surface area contributed by atoms with Crippen molar-refractivity contribution in [2.75, 3.05) is 24.9 Å². The fourth-order valence-corrected chi connectivity index (χ4v) is 2.46. The molecule has 0 aliphatic rings. The zero-order valence-corrected chi connectivity index (χ0v) is 15.5. The van der Waals surface area contributed by atoms with E-state index >= 15 is 0 Å². The zero-order chi connectivity index (χ0) is 19.4. The summed E-state index contributed by atoms with van der Waals surface area (Å²) in [4.78, 5) is 20.8. The number of amides is 1. The lowest BCUT2D eigenvalue weighted by Gasteiger charge is -2.13. The fraction of sp³-hybridized carbons (Fsp3) is 0.176. The third kappa shape index (κ3) is 4.26. The van der Waals surface area contributed by atoms with Crippen LogP contribution < -0.4 is 20.1 Å². The number of nitrogens with one attached hydrogen (secondary N) is 2. The van der Waals surface area contributed by atoms with Crippen molar-refractivity contribution < 1.29 is 18.8 Å². The maximum Gasteiger partial charge on any atom is 0.274 e. The van der Waals surface area contributed by atoms with Crippen molar-refractivity contribution >= 4 is 35.0 Å². The number of carbonyl (C=O) groups is 1. The maximum absolute atomic E-state index is 12.6. The molecule has 0 bridgehead atoms. The lowest BCUT2D eigenvalue weighted by molar-refractivity contribution is 0.102. The summed E-state index contributed by atoms with van der Waals surface area (Å²) in [5.74, 6) is 1.61. The van der Waals surface area contributed by atoms with Gasteiger partial charge in [0, 0.05) is 24.4 Å². The first-order chi connectivity index (χ1) is 13.0. The van der Waals surface area contributed by atoms with Gasteiger partial charge in [0.15, 0.2) is 5.82 Å². The summed E-state index contributed by atoms with van der Waals surface area (Å²) < 4.78 is 15.4. The molecule has 0 saturated heterocycles. The zero-order valence-electron chi connectivity index (χ0n) is 14.7. The average molecular weight is 390 g/mol. The van der Waals surface area contributed by atoms with Crippen molar-refractivity contribution in [1.29, 1.82) is 0 Å². The molecule has 2 heterocycles. The Kier molecular flexibility index (Phi) is 5.41. The summed E-state index contributed by atoms with van der Waals surface area (Å²) >= 11 is 6.07. The minimum atomic E-state index is -0.459. The molecule has 0 saturated carbocycles. The minimum Gasteiger partial charge on any atom is -0.495 e. The summed E-state index contributed by atoms with van der Waals surface area (Å²) in [7, 11) is 2.95. The Hall–Kier alpha value is -3.33. The monoisotopic (exact) mass is 389 g/mol. The van der Waals surface area contributed by atoms with Gasteiger partial charge < -0.3 is 24.6 Å². The SMILES string of the molecule is COc1cc(NC(=O)c2ccnc(Nc3cc(C)on3)n2)c(OC)cc1Cl. The Labute approximate surface area is 159 Å². The van der Waals surface area contributed by atoms with Crippen LogP contribution >= 0.6 is 11.6 Å². The van der Waals surface area contributed by atoms with Gasteiger partial charge in [0.2, 0.25) is 5.95 Å². The van der Waals surface area contributed by atoms with Crippen molar-refractivity contribution in [3.8, 4) is 11.5 Å². The molecule has 0 spiro atoms. The second-order valence-electron chi connectivity index (χ2n) is 5.35. The first-order valence-electron chi connectivity index (χ1n) is 7.76. The van der Waals surface area contributed by atoms with Crippen molar-refractivity contribution in [3.63, 3.8) is 0 Å². The van der Waals surface area contributed by atoms with Crippen LogP contribution in [0.3, 0.4) is 0 Å². The van der Waals surface area contributed by atoms with E-state index in [9.17, 15) is 4.79 Å². The van der Waals surface area contributed by atoms with Crippen molar-refractivity contribution in [3.05, 3.63) is 46.9 Å². The molecule has 0 atom stereocenters. The number of halogens is 1. The third-order valence-corrected chi connectivity index (χ3v) is 3.77. The highest BCUT2D eigenvalue weighted by molar-refractivity contribution is 6.32. The number of ether oxygens (including phenoxy) is 2. The summed E-state index contributed by atoms with van der Waals surface area (Å²) in [6.07, 6.45) is 1.46. The molecule has 3 aromatic rings. The number of nitrogens with zero attached hydrogens (tertiary/aromatic N) is 3. The van der Waals surface area contributed by atoms with E-state index in [-0.39, 0.29) is 11.6 Å². The second kappa shape index (κ2) is 7.92. The molecular weight excluding hydrogens is 374 g/mol. The topological polar surface area (TPSA) is 111 Å². The molecule has 1 aromatic carbocycles.